The van der Waals surface area contributed by atoms with Gasteiger partial charge in [-0.2, -0.15) is 4.31 Å². The van der Waals surface area contributed by atoms with Crippen LogP contribution in [0.3, 0.4) is 0 Å². The van der Waals surface area contributed by atoms with Crippen molar-refractivity contribution in [3.63, 3.8) is 0 Å². The largest absolute Gasteiger partial charge is 0.481 e. The Kier molecular flexibility index (Phi) is 6.37. The van der Waals surface area contributed by atoms with Crippen molar-refractivity contribution in [2.45, 2.75) is 25.8 Å². The summed E-state index contributed by atoms with van der Waals surface area (Å²) in [6.07, 6.45) is -0.369. The van der Waals surface area contributed by atoms with Crippen molar-refractivity contribution in [1.82, 2.24) is 9.62 Å². The van der Waals surface area contributed by atoms with Gasteiger partial charge in [0.1, 0.15) is 0 Å². The minimum absolute atomic E-state index is 0.177. The highest BCUT2D eigenvalue weighted by Crippen LogP contribution is 2.07. The zero-order chi connectivity index (χ0) is 15.2. The monoisotopic (exact) mass is 308 g/mol. The SMILES string of the molecule is CC(CC(=O)O)NC(=O)CCS(=O)(=O)N1CCOCC1. The number of hydrogen-bond acceptors (Lipinski definition) is 5. The first-order valence-corrected chi connectivity index (χ1v) is 7.99. The molecule has 1 fully saturated rings. The molecule has 9 heteroatoms. The number of morpholine rings is 1. The molecule has 0 aliphatic carbocycles. The molecule has 0 radical (unpaired) electrons. The Balaban J connectivity index is 2.37. The lowest BCUT2D eigenvalue weighted by atomic mass is 10.2. The molecule has 1 amide bonds. The summed E-state index contributed by atoms with van der Waals surface area (Å²) in [7, 11) is -3.46. The molecule has 0 bridgehead atoms. The van der Waals surface area contributed by atoms with Crippen LogP contribution in [0.4, 0.5) is 0 Å². The minimum atomic E-state index is -3.46. The number of rotatable bonds is 7. The topological polar surface area (TPSA) is 113 Å². The average molecular weight is 308 g/mol. The van der Waals surface area contributed by atoms with E-state index < -0.39 is 27.9 Å². The van der Waals surface area contributed by atoms with Gasteiger partial charge in [-0.1, -0.05) is 0 Å². The standard InChI is InChI=1S/C11H20N2O6S/c1-9(8-11(15)16)12-10(14)2-7-20(17,18)13-3-5-19-6-4-13/h9H,2-8H2,1H3,(H,12,14)(H,15,16). The summed E-state index contributed by atoms with van der Waals surface area (Å²) in [4.78, 5) is 22.0. The lowest BCUT2D eigenvalue weighted by Gasteiger charge is -2.26. The zero-order valence-corrected chi connectivity index (χ0v) is 12.2. The lowest BCUT2D eigenvalue weighted by Crippen LogP contribution is -2.43. The van der Waals surface area contributed by atoms with Gasteiger partial charge in [0.2, 0.25) is 15.9 Å². The molecule has 1 unspecified atom stereocenters. The van der Waals surface area contributed by atoms with Crippen LogP contribution in [0, 0.1) is 0 Å². The van der Waals surface area contributed by atoms with Crippen LogP contribution in [0.1, 0.15) is 19.8 Å². The zero-order valence-electron chi connectivity index (χ0n) is 11.4. The van der Waals surface area contributed by atoms with E-state index in [2.05, 4.69) is 5.32 Å². The van der Waals surface area contributed by atoms with E-state index >= 15 is 0 Å². The van der Waals surface area contributed by atoms with E-state index in [0.29, 0.717) is 26.3 Å². The quantitative estimate of drug-likeness (QED) is 0.625. The number of carboxylic acids is 1. The normalized spacial score (nSPS) is 18.4. The van der Waals surface area contributed by atoms with Gasteiger partial charge in [-0.25, -0.2) is 8.42 Å². The number of carboxylic acid groups (broad SMARTS) is 1. The lowest BCUT2D eigenvalue weighted by molar-refractivity contribution is -0.137. The summed E-state index contributed by atoms with van der Waals surface area (Å²) in [6, 6.07) is -0.522. The van der Waals surface area contributed by atoms with Crippen LogP contribution in [0.5, 0.6) is 0 Å². The van der Waals surface area contributed by atoms with Crippen molar-refractivity contribution in [2.75, 3.05) is 32.1 Å². The van der Waals surface area contributed by atoms with Crippen molar-refractivity contribution in [1.29, 1.82) is 0 Å². The molecule has 0 saturated carbocycles. The molecule has 0 aromatic rings. The average Bonchev–Trinajstić information content (AvgIpc) is 2.36. The van der Waals surface area contributed by atoms with Crippen LogP contribution in [0.25, 0.3) is 0 Å². The van der Waals surface area contributed by atoms with E-state index in [1.165, 1.54) is 4.31 Å². The van der Waals surface area contributed by atoms with Crippen molar-refractivity contribution in [2.24, 2.45) is 0 Å². The molecule has 20 heavy (non-hydrogen) atoms. The van der Waals surface area contributed by atoms with Crippen molar-refractivity contribution < 1.29 is 27.9 Å². The molecule has 0 spiro atoms. The Morgan fingerprint density at radius 1 is 1.35 bits per heavy atom. The highest BCUT2D eigenvalue weighted by atomic mass is 32.2. The van der Waals surface area contributed by atoms with Crippen molar-refractivity contribution >= 4 is 21.9 Å². The molecular formula is C11H20N2O6S. The Hall–Kier alpha value is -1.19. The van der Waals surface area contributed by atoms with E-state index in [4.69, 9.17) is 9.84 Å². The Morgan fingerprint density at radius 2 is 1.95 bits per heavy atom. The minimum Gasteiger partial charge on any atom is -0.481 e. The van der Waals surface area contributed by atoms with E-state index in [-0.39, 0.29) is 18.6 Å². The summed E-state index contributed by atoms with van der Waals surface area (Å²) < 4.78 is 30.3. The fourth-order valence-corrected chi connectivity index (χ4v) is 3.24. The van der Waals surface area contributed by atoms with Gasteiger partial charge >= 0.3 is 5.97 Å². The number of hydrogen-bond donors (Lipinski definition) is 2. The highest BCUT2D eigenvalue weighted by Gasteiger charge is 2.25. The summed E-state index contributed by atoms with van der Waals surface area (Å²) >= 11 is 0. The number of carbonyl (C=O) groups is 2. The van der Waals surface area contributed by atoms with Crippen molar-refractivity contribution in [3.8, 4) is 0 Å². The van der Waals surface area contributed by atoms with Crippen LogP contribution in [0.15, 0.2) is 0 Å². The smallest absolute Gasteiger partial charge is 0.305 e. The van der Waals surface area contributed by atoms with Crippen LogP contribution in [-0.4, -0.2) is 67.8 Å². The second-order valence-corrected chi connectivity index (χ2v) is 6.73. The van der Waals surface area contributed by atoms with Gasteiger partial charge in [0.15, 0.2) is 0 Å². The van der Waals surface area contributed by atoms with E-state index in [1.807, 2.05) is 0 Å². The number of nitrogens with one attached hydrogen (secondary N) is 1. The number of amides is 1. The summed E-state index contributed by atoms with van der Waals surface area (Å²) in [6.45, 7) is 2.89. The predicted molar refractivity (Wildman–Crippen MR) is 70.7 cm³/mol. The first-order chi connectivity index (χ1) is 9.31. The van der Waals surface area contributed by atoms with Crippen LogP contribution >= 0.6 is 0 Å². The molecule has 1 heterocycles. The number of carbonyl (C=O) groups excluding carboxylic acids is 1. The van der Waals surface area contributed by atoms with E-state index in [1.54, 1.807) is 6.92 Å². The first-order valence-electron chi connectivity index (χ1n) is 6.38. The highest BCUT2D eigenvalue weighted by molar-refractivity contribution is 7.89. The summed E-state index contributed by atoms with van der Waals surface area (Å²) in [5, 5.41) is 11.0. The maximum absolute atomic E-state index is 11.9. The molecule has 0 aromatic carbocycles. The van der Waals surface area contributed by atoms with Crippen LogP contribution in [-0.2, 0) is 24.3 Å². The molecule has 1 saturated heterocycles. The van der Waals surface area contributed by atoms with Gasteiger partial charge in [-0.05, 0) is 6.92 Å². The van der Waals surface area contributed by atoms with Crippen LogP contribution in [0.2, 0.25) is 0 Å². The Labute approximate surface area is 118 Å². The molecular weight excluding hydrogens is 288 g/mol. The van der Waals surface area contributed by atoms with Gasteiger partial charge in [-0.15, -0.1) is 0 Å². The molecule has 1 rings (SSSR count). The summed E-state index contributed by atoms with van der Waals surface area (Å²) in [5.74, 6) is -1.76. The molecule has 1 atom stereocenters. The second-order valence-electron chi connectivity index (χ2n) is 4.64. The number of aliphatic carboxylic acids is 1. The maximum Gasteiger partial charge on any atom is 0.305 e. The van der Waals surface area contributed by atoms with Gasteiger partial charge < -0.3 is 15.2 Å². The molecule has 2 N–H and O–H groups in total. The van der Waals surface area contributed by atoms with E-state index in [0.717, 1.165) is 0 Å². The van der Waals surface area contributed by atoms with Crippen LogP contribution < -0.4 is 5.32 Å². The third-order valence-corrected chi connectivity index (χ3v) is 4.71. The third kappa shape index (κ3) is 5.85. The number of ether oxygens (including phenoxy) is 1. The van der Waals surface area contributed by atoms with E-state index in [9.17, 15) is 18.0 Å². The Morgan fingerprint density at radius 3 is 2.50 bits per heavy atom. The van der Waals surface area contributed by atoms with Gasteiger partial charge in [0.25, 0.3) is 0 Å². The van der Waals surface area contributed by atoms with Gasteiger partial charge in [-0.3, -0.25) is 9.59 Å². The maximum atomic E-state index is 11.9. The predicted octanol–water partition coefficient (Wildman–Crippen LogP) is -0.982. The number of sulfonamides is 1. The molecule has 1 aliphatic heterocycles. The first kappa shape index (κ1) is 16.9. The second kappa shape index (κ2) is 7.55. The summed E-state index contributed by atoms with van der Waals surface area (Å²) in [5.41, 5.74) is 0. The third-order valence-electron chi connectivity index (χ3n) is 2.84. The van der Waals surface area contributed by atoms with Crippen molar-refractivity contribution in [3.05, 3.63) is 0 Å². The number of nitrogens with zero attached hydrogens (tertiary/aromatic N) is 1. The Bertz CT molecular complexity index is 444. The fraction of sp³-hybridized carbons (Fsp3) is 0.818. The molecule has 1 aliphatic rings. The fourth-order valence-electron chi connectivity index (χ4n) is 1.84. The molecule has 0 aromatic heterocycles. The molecule has 8 nitrogen and oxygen atoms in total. The van der Waals surface area contributed by atoms with Gasteiger partial charge in [0.05, 0.1) is 25.4 Å². The van der Waals surface area contributed by atoms with Gasteiger partial charge in [0, 0.05) is 25.6 Å². The molecule has 116 valence electrons.